The van der Waals surface area contributed by atoms with E-state index in [1.807, 2.05) is 6.92 Å². The van der Waals surface area contributed by atoms with Crippen molar-refractivity contribution < 1.29 is 38.4 Å². The van der Waals surface area contributed by atoms with Crippen molar-refractivity contribution in [2.75, 3.05) is 0 Å². The first-order valence-electron chi connectivity index (χ1n) is 11.6. The highest BCUT2D eigenvalue weighted by molar-refractivity contribution is 5.82. The van der Waals surface area contributed by atoms with E-state index >= 15 is 0 Å². The van der Waals surface area contributed by atoms with E-state index in [2.05, 4.69) is 6.92 Å². The molecule has 0 unspecified atom stereocenters. The number of carbonyl (C=O) groups is 3. The molecule has 2 rings (SSSR count). The van der Waals surface area contributed by atoms with E-state index in [1.165, 1.54) is 19.1 Å². The normalized spacial score (nSPS) is 35.7. The Labute approximate surface area is 190 Å². The monoisotopic (exact) mass is 454 g/mol. The van der Waals surface area contributed by atoms with Gasteiger partial charge in [-0.3, -0.25) is 9.59 Å². The van der Waals surface area contributed by atoms with Gasteiger partial charge in [-0.15, -0.1) is 0 Å². The van der Waals surface area contributed by atoms with Crippen molar-refractivity contribution >= 4 is 17.9 Å². The molecule has 8 heteroatoms. The van der Waals surface area contributed by atoms with Gasteiger partial charge in [-0.1, -0.05) is 39.5 Å². The SMILES string of the molecule is CCCCCC[C@H](O)/C=C/C(=O)O[C@@H]1[C@@H](C)[C@@H]2OC(=O)[C@@H](C)[C@H](OC(C)=O)[C@@]2(C)O[C@H]1C. The minimum absolute atomic E-state index is 0.394. The topological polar surface area (TPSA) is 108 Å². The molecule has 2 heterocycles. The van der Waals surface area contributed by atoms with Gasteiger partial charge < -0.3 is 24.1 Å². The van der Waals surface area contributed by atoms with Crippen LogP contribution in [0.25, 0.3) is 0 Å². The average Bonchev–Trinajstić information content (AvgIpc) is 2.72. The van der Waals surface area contributed by atoms with Crippen LogP contribution in [0.15, 0.2) is 12.2 Å². The van der Waals surface area contributed by atoms with Crippen LogP contribution in [0.5, 0.6) is 0 Å². The van der Waals surface area contributed by atoms with Crippen LogP contribution < -0.4 is 0 Å². The molecule has 0 aromatic heterocycles. The quantitative estimate of drug-likeness (QED) is 0.245. The summed E-state index contributed by atoms with van der Waals surface area (Å²) < 4.78 is 22.9. The maximum absolute atomic E-state index is 12.4. The number of fused-ring (bicyclic) bond motifs is 1. The maximum atomic E-state index is 12.4. The number of ether oxygens (including phenoxy) is 4. The predicted molar refractivity (Wildman–Crippen MR) is 116 cm³/mol. The molecule has 2 aliphatic heterocycles. The van der Waals surface area contributed by atoms with Crippen LogP contribution in [0, 0.1) is 11.8 Å². The van der Waals surface area contributed by atoms with Gasteiger partial charge in [-0.2, -0.15) is 0 Å². The molecule has 0 bridgehead atoms. The van der Waals surface area contributed by atoms with Crippen LogP contribution in [-0.4, -0.2) is 59.1 Å². The van der Waals surface area contributed by atoms with Gasteiger partial charge in [0.15, 0.2) is 0 Å². The second kappa shape index (κ2) is 11.3. The molecule has 0 spiro atoms. The van der Waals surface area contributed by atoms with Crippen molar-refractivity contribution in [1.82, 2.24) is 0 Å². The first-order valence-corrected chi connectivity index (χ1v) is 11.6. The second-order valence-electron chi connectivity index (χ2n) is 9.22. The number of aliphatic hydroxyl groups is 1. The smallest absolute Gasteiger partial charge is 0.330 e. The first-order chi connectivity index (χ1) is 15.0. The summed E-state index contributed by atoms with van der Waals surface area (Å²) in [4.78, 5) is 36.5. The van der Waals surface area contributed by atoms with Gasteiger partial charge in [0.05, 0.1) is 18.1 Å². The fourth-order valence-corrected chi connectivity index (χ4v) is 4.80. The number of unbranched alkanes of at least 4 members (excludes halogenated alkanes) is 3. The Bertz CT molecular complexity index is 704. The number of esters is 3. The van der Waals surface area contributed by atoms with Gasteiger partial charge in [-0.05, 0) is 33.3 Å². The molecule has 182 valence electrons. The first kappa shape index (κ1) is 26.3. The molecule has 2 saturated heterocycles. The van der Waals surface area contributed by atoms with Gasteiger partial charge in [0.1, 0.15) is 23.9 Å². The number of carbonyl (C=O) groups excluding carboxylic acids is 3. The maximum Gasteiger partial charge on any atom is 0.330 e. The Morgan fingerprint density at radius 3 is 2.50 bits per heavy atom. The fourth-order valence-electron chi connectivity index (χ4n) is 4.80. The van der Waals surface area contributed by atoms with E-state index in [9.17, 15) is 19.5 Å². The summed E-state index contributed by atoms with van der Waals surface area (Å²) in [6, 6.07) is 0. The molecule has 0 aromatic rings. The fraction of sp³-hybridized carbons (Fsp3) is 0.792. The van der Waals surface area contributed by atoms with Crippen LogP contribution in [0.3, 0.4) is 0 Å². The van der Waals surface area contributed by atoms with Crippen LogP contribution >= 0.6 is 0 Å². The van der Waals surface area contributed by atoms with Gasteiger partial charge in [0, 0.05) is 18.9 Å². The Hall–Kier alpha value is -1.93. The molecule has 8 atom stereocenters. The van der Waals surface area contributed by atoms with Gasteiger partial charge in [0.2, 0.25) is 0 Å². The highest BCUT2D eigenvalue weighted by Crippen LogP contribution is 2.45. The van der Waals surface area contributed by atoms with Crippen molar-refractivity contribution in [3.8, 4) is 0 Å². The zero-order valence-corrected chi connectivity index (χ0v) is 20.0. The van der Waals surface area contributed by atoms with Gasteiger partial charge >= 0.3 is 17.9 Å². The largest absolute Gasteiger partial charge is 0.458 e. The number of rotatable bonds is 9. The summed E-state index contributed by atoms with van der Waals surface area (Å²) in [6.07, 6.45) is 3.99. The van der Waals surface area contributed by atoms with E-state index in [4.69, 9.17) is 18.9 Å². The molecule has 32 heavy (non-hydrogen) atoms. The summed E-state index contributed by atoms with van der Waals surface area (Å²) in [5.74, 6) is -2.66. The van der Waals surface area contributed by atoms with E-state index < -0.39 is 65.9 Å². The number of hydrogen-bond acceptors (Lipinski definition) is 8. The lowest BCUT2D eigenvalue weighted by Crippen LogP contribution is -2.70. The molecule has 2 fully saturated rings. The summed E-state index contributed by atoms with van der Waals surface area (Å²) >= 11 is 0. The van der Waals surface area contributed by atoms with E-state index in [0.717, 1.165) is 25.7 Å². The molecule has 0 radical (unpaired) electrons. The third-order valence-corrected chi connectivity index (χ3v) is 6.45. The average molecular weight is 455 g/mol. The predicted octanol–water partition coefficient (Wildman–Crippen LogP) is 3.09. The standard InChI is InChI=1S/C24H38O8/c1-7-8-9-10-11-18(26)12-13-19(27)30-20-14(2)21-24(6,32-16(20)4)22(29-17(5)25)15(3)23(28)31-21/h12-16,18,20-22,26H,7-11H2,1-6H3/b13-12+/t14-,15+,16+,18+,20-,21+,22+,24+/m1/s1. The zero-order valence-electron chi connectivity index (χ0n) is 20.0. The molecule has 8 nitrogen and oxygen atoms in total. The molecule has 1 N–H and O–H groups in total. The van der Waals surface area contributed by atoms with Crippen molar-refractivity contribution in [2.45, 2.75) is 110 Å². The highest BCUT2D eigenvalue weighted by atomic mass is 16.6. The van der Waals surface area contributed by atoms with E-state index in [1.54, 1.807) is 20.8 Å². The molecule has 2 aliphatic rings. The summed E-state index contributed by atoms with van der Waals surface area (Å²) in [6.45, 7) is 10.4. The Morgan fingerprint density at radius 2 is 1.88 bits per heavy atom. The lowest BCUT2D eigenvalue weighted by molar-refractivity contribution is -0.300. The van der Waals surface area contributed by atoms with E-state index in [0.29, 0.717) is 6.42 Å². The third kappa shape index (κ3) is 6.10. The zero-order chi connectivity index (χ0) is 24.1. The number of aliphatic hydroxyl groups excluding tert-OH is 1. The summed E-state index contributed by atoms with van der Waals surface area (Å²) in [7, 11) is 0. The highest BCUT2D eigenvalue weighted by Gasteiger charge is 2.62. The molecular weight excluding hydrogens is 416 g/mol. The third-order valence-electron chi connectivity index (χ3n) is 6.45. The van der Waals surface area contributed by atoms with Crippen molar-refractivity contribution in [2.24, 2.45) is 11.8 Å². The molecular formula is C24H38O8. The molecule has 0 aromatic carbocycles. The van der Waals surface area contributed by atoms with Crippen molar-refractivity contribution in [3.63, 3.8) is 0 Å². The van der Waals surface area contributed by atoms with E-state index in [-0.39, 0.29) is 0 Å². The van der Waals surface area contributed by atoms with Crippen LogP contribution in [0.4, 0.5) is 0 Å². The van der Waals surface area contributed by atoms with Crippen LogP contribution in [0.1, 0.15) is 73.6 Å². The Kier molecular flexibility index (Phi) is 9.28. The second-order valence-corrected chi connectivity index (χ2v) is 9.22. The Morgan fingerprint density at radius 1 is 1.19 bits per heavy atom. The van der Waals surface area contributed by atoms with Gasteiger partial charge in [0.25, 0.3) is 0 Å². The lowest BCUT2D eigenvalue weighted by atomic mass is 9.73. The number of hydrogen-bond donors (Lipinski definition) is 1. The van der Waals surface area contributed by atoms with Crippen LogP contribution in [-0.2, 0) is 33.3 Å². The van der Waals surface area contributed by atoms with Gasteiger partial charge in [-0.25, -0.2) is 4.79 Å². The Balaban J connectivity index is 2.05. The summed E-state index contributed by atoms with van der Waals surface area (Å²) in [5.41, 5.74) is -1.06. The minimum atomic E-state index is -1.06. The minimum Gasteiger partial charge on any atom is -0.458 e. The van der Waals surface area contributed by atoms with Crippen LogP contribution in [0.2, 0.25) is 0 Å². The molecule has 0 saturated carbocycles. The summed E-state index contributed by atoms with van der Waals surface area (Å²) in [5, 5.41) is 10.0. The molecule has 0 aliphatic carbocycles. The lowest BCUT2D eigenvalue weighted by Gasteiger charge is -2.55. The van der Waals surface area contributed by atoms with Crippen molar-refractivity contribution in [3.05, 3.63) is 12.2 Å². The van der Waals surface area contributed by atoms with Crippen molar-refractivity contribution in [1.29, 1.82) is 0 Å². The molecule has 0 amide bonds.